The van der Waals surface area contributed by atoms with Gasteiger partial charge >= 0.3 is 0 Å². The number of rotatable bonds is 12. The standard InChI is InChI=1S/C33H40FN3O4/c1-33(2,3)19-29(36-31(38)25-11-8-12-28(18-25)40-4)32(39)35-27(22-41-21-23-9-6-5-7-10-23)20-37-16-15-24-17-26(34)13-14-30(24)37/h5-14,17-18,27,29H,15-16,19-22H2,1-4H3,(H,35,39)(H,36,38)/t27-,29+/m1/s1. The van der Waals surface area contributed by atoms with Crippen LogP contribution in [0.2, 0.25) is 0 Å². The summed E-state index contributed by atoms with van der Waals surface area (Å²) in [5, 5.41) is 6.10. The number of halogens is 1. The molecule has 218 valence electrons. The molecule has 0 unspecified atom stereocenters. The highest BCUT2D eigenvalue weighted by Gasteiger charge is 2.30. The largest absolute Gasteiger partial charge is 0.497 e. The Kier molecular flexibility index (Phi) is 10.00. The Hall–Kier alpha value is -3.91. The molecule has 0 spiro atoms. The number of nitrogens with zero attached hydrogens (tertiary/aromatic N) is 1. The Morgan fingerprint density at radius 1 is 1.00 bits per heavy atom. The average molecular weight is 562 g/mol. The van der Waals surface area contributed by atoms with Crippen molar-refractivity contribution in [2.75, 3.05) is 31.7 Å². The van der Waals surface area contributed by atoms with Crippen molar-refractivity contribution in [1.82, 2.24) is 10.6 Å². The molecule has 2 amide bonds. The molecule has 0 saturated carbocycles. The molecule has 0 bridgehead atoms. The van der Waals surface area contributed by atoms with Crippen molar-refractivity contribution in [2.24, 2.45) is 5.41 Å². The van der Waals surface area contributed by atoms with Gasteiger partial charge in [-0.2, -0.15) is 0 Å². The quantitative estimate of drug-likeness (QED) is 0.320. The van der Waals surface area contributed by atoms with Crippen LogP contribution in [0.5, 0.6) is 5.75 Å². The van der Waals surface area contributed by atoms with Gasteiger partial charge in [-0.15, -0.1) is 0 Å². The first kappa shape index (κ1) is 30.1. The normalized spacial score (nSPS) is 14.2. The maximum atomic E-state index is 13.8. The molecule has 0 radical (unpaired) electrons. The monoisotopic (exact) mass is 561 g/mol. The smallest absolute Gasteiger partial charge is 0.252 e. The van der Waals surface area contributed by atoms with Gasteiger partial charge in [0.2, 0.25) is 5.91 Å². The van der Waals surface area contributed by atoms with Crippen LogP contribution in [-0.4, -0.2) is 50.7 Å². The molecule has 41 heavy (non-hydrogen) atoms. The zero-order valence-corrected chi connectivity index (χ0v) is 24.3. The molecule has 0 aliphatic carbocycles. The second-order valence-corrected chi connectivity index (χ2v) is 11.7. The molecular formula is C33H40FN3O4. The zero-order chi connectivity index (χ0) is 29.4. The topological polar surface area (TPSA) is 79.9 Å². The van der Waals surface area contributed by atoms with E-state index >= 15 is 0 Å². The van der Waals surface area contributed by atoms with E-state index in [1.165, 1.54) is 6.07 Å². The number of methoxy groups -OCH3 is 1. The predicted octanol–water partition coefficient (Wildman–Crippen LogP) is 5.13. The van der Waals surface area contributed by atoms with Crippen LogP contribution in [0.4, 0.5) is 10.1 Å². The highest BCUT2D eigenvalue weighted by atomic mass is 19.1. The number of hydrogen-bond donors (Lipinski definition) is 2. The van der Waals surface area contributed by atoms with Gasteiger partial charge in [0.1, 0.15) is 17.6 Å². The lowest BCUT2D eigenvalue weighted by molar-refractivity contribution is -0.124. The second-order valence-electron chi connectivity index (χ2n) is 11.7. The Labute approximate surface area is 242 Å². The third-order valence-corrected chi connectivity index (χ3v) is 7.02. The van der Waals surface area contributed by atoms with Crippen LogP contribution in [0.25, 0.3) is 0 Å². The van der Waals surface area contributed by atoms with E-state index in [-0.39, 0.29) is 35.7 Å². The molecule has 1 aliphatic heterocycles. The van der Waals surface area contributed by atoms with E-state index in [0.29, 0.717) is 30.9 Å². The summed E-state index contributed by atoms with van der Waals surface area (Å²) in [6.07, 6.45) is 1.18. The van der Waals surface area contributed by atoms with Gasteiger partial charge in [-0.05, 0) is 65.8 Å². The molecule has 0 fully saturated rings. The number of benzene rings is 3. The van der Waals surface area contributed by atoms with Gasteiger partial charge in [0.15, 0.2) is 0 Å². The van der Waals surface area contributed by atoms with Crippen molar-refractivity contribution in [3.8, 4) is 5.75 Å². The lowest BCUT2D eigenvalue weighted by atomic mass is 9.87. The molecule has 2 N–H and O–H groups in total. The number of ether oxygens (including phenoxy) is 2. The van der Waals surface area contributed by atoms with Gasteiger partial charge < -0.3 is 25.0 Å². The Morgan fingerprint density at radius 3 is 2.51 bits per heavy atom. The van der Waals surface area contributed by atoms with E-state index in [1.54, 1.807) is 43.5 Å². The van der Waals surface area contributed by atoms with Crippen LogP contribution < -0.4 is 20.3 Å². The summed E-state index contributed by atoms with van der Waals surface area (Å²) in [5.74, 6) is -0.307. The number of amides is 2. The molecule has 2 atom stereocenters. The van der Waals surface area contributed by atoms with Gasteiger partial charge in [-0.25, -0.2) is 4.39 Å². The van der Waals surface area contributed by atoms with Crippen molar-refractivity contribution >= 4 is 17.5 Å². The molecule has 4 rings (SSSR count). The second kappa shape index (κ2) is 13.6. The molecule has 0 aromatic heterocycles. The Bertz CT molecular complexity index is 1330. The minimum absolute atomic E-state index is 0.221. The highest BCUT2D eigenvalue weighted by molar-refractivity contribution is 5.97. The first-order valence-electron chi connectivity index (χ1n) is 14.0. The number of fused-ring (bicyclic) bond motifs is 1. The number of hydrogen-bond acceptors (Lipinski definition) is 5. The third kappa shape index (κ3) is 8.79. The fourth-order valence-electron chi connectivity index (χ4n) is 5.06. The first-order chi connectivity index (χ1) is 19.6. The van der Waals surface area contributed by atoms with Crippen LogP contribution >= 0.6 is 0 Å². The zero-order valence-electron chi connectivity index (χ0n) is 24.3. The summed E-state index contributed by atoms with van der Waals surface area (Å²) in [7, 11) is 1.54. The van der Waals surface area contributed by atoms with Crippen molar-refractivity contribution < 1.29 is 23.5 Å². The van der Waals surface area contributed by atoms with E-state index < -0.39 is 6.04 Å². The number of carbonyl (C=O) groups excluding carboxylic acids is 2. The summed E-state index contributed by atoms with van der Waals surface area (Å²) in [5.41, 5.74) is 3.15. The molecule has 7 nitrogen and oxygen atoms in total. The predicted molar refractivity (Wildman–Crippen MR) is 159 cm³/mol. The van der Waals surface area contributed by atoms with Gasteiger partial charge in [-0.1, -0.05) is 57.2 Å². The van der Waals surface area contributed by atoms with Crippen LogP contribution in [0.15, 0.2) is 72.8 Å². The van der Waals surface area contributed by atoms with E-state index in [1.807, 2.05) is 51.1 Å². The Balaban J connectivity index is 1.49. The summed E-state index contributed by atoms with van der Waals surface area (Å²) in [4.78, 5) is 29.1. The fraction of sp³-hybridized carbons (Fsp3) is 0.394. The maximum absolute atomic E-state index is 13.8. The molecule has 3 aromatic rings. The molecule has 8 heteroatoms. The van der Waals surface area contributed by atoms with E-state index in [9.17, 15) is 14.0 Å². The minimum atomic E-state index is -0.759. The van der Waals surface area contributed by atoms with E-state index in [0.717, 1.165) is 29.8 Å². The van der Waals surface area contributed by atoms with E-state index in [4.69, 9.17) is 9.47 Å². The summed E-state index contributed by atoms with van der Waals surface area (Å²) < 4.78 is 25.1. The molecule has 3 aromatic carbocycles. The fourth-order valence-corrected chi connectivity index (χ4v) is 5.06. The summed E-state index contributed by atoms with van der Waals surface area (Å²) in [6.45, 7) is 8.00. The average Bonchev–Trinajstić information content (AvgIpc) is 3.33. The number of nitrogens with one attached hydrogen (secondary N) is 2. The highest BCUT2D eigenvalue weighted by Crippen LogP contribution is 2.29. The molecule has 1 heterocycles. The van der Waals surface area contributed by atoms with Crippen molar-refractivity contribution in [1.29, 1.82) is 0 Å². The van der Waals surface area contributed by atoms with Crippen molar-refractivity contribution in [3.63, 3.8) is 0 Å². The van der Waals surface area contributed by atoms with Crippen LogP contribution in [-0.2, 0) is 22.6 Å². The van der Waals surface area contributed by atoms with Crippen molar-refractivity contribution in [3.05, 3.63) is 95.3 Å². The molecular weight excluding hydrogens is 521 g/mol. The van der Waals surface area contributed by atoms with Crippen LogP contribution in [0.3, 0.4) is 0 Å². The number of anilines is 1. The lowest BCUT2D eigenvalue weighted by Gasteiger charge is -2.30. The third-order valence-electron chi connectivity index (χ3n) is 7.02. The molecule has 0 saturated heterocycles. The van der Waals surface area contributed by atoms with Gasteiger partial charge in [0.25, 0.3) is 5.91 Å². The minimum Gasteiger partial charge on any atom is -0.497 e. The Morgan fingerprint density at radius 2 is 1.78 bits per heavy atom. The summed E-state index contributed by atoms with van der Waals surface area (Å²) in [6, 6.07) is 20.4. The first-order valence-corrected chi connectivity index (χ1v) is 14.0. The maximum Gasteiger partial charge on any atom is 0.252 e. The lowest BCUT2D eigenvalue weighted by Crippen LogP contribution is -2.54. The van der Waals surface area contributed by atoms with Crippen LogP contribution in [0.1, 0.15) is 48.7 Å². The summed E-state index contributed by atoms with van der Waals surface area (Å²) >= 11 is 0. The molecule has 1 aliphatic rings. The SMILES string of the molecule is COc1cccc(C(=O)N[C@@H](CC(C)(C)C)C(=O)N[C@@H](COCc2ccccc2)CN2CCc3cc(F)ccc32)c1. The van der Waals surface area contributed by atoms with Gasteiger partial charge in [0, 0.05) is 24.3 Å². The van der Waals surface area contributed by atoms with Gasteiger partial charge in [-0.3, -0.25) is 9.59 Å². The van der Waals surface area contributed by atoms with Crippen molar-refractivity contribution in [2.45, 2.75) is 52.3 Å². The van der Waals surface area contributed by atoms with Crippen LogP contribution in [0, 0.1) is 11.2 Å². The van der Waals surface area contributed by atoms with E-state index in [2.05, 4.69) is 15.5 Å². The van der Waals surface area contributed by atoms with Gasteiger partial charge in [0.05, 0.1) is 26.4 Å². The number of carbonyl (C=O) groups is 2.